The van der Waals surface area contributed by atoms with Crippen LogP contribution < -0.4 is 10.4 Å². The van der Waals surface area contributed by atoms with Crippen molar-refractivity contribution in [3.05, 3.63) is 45.7 Å². The molecule has 2 aromatic rings. The van der Waals surface area contributed by atoms with Crippen LogP contribution in [-0.4, -0.2) is 211 Å². The largest absolute Gasteiger partial charge is 0.477 e. The van der Waals surface area contributed by atoms with Crippen molar-refractivity contribution >= 4 is 22.8 Å². The predicted molar refractivity (Wildman–Crippen MR) is 282 cm³/mol. The summed E-state index contributed by atoms with van der Waals surface area (Å²) >= 11 is 0. The molecule has 3 fully saturated rings. The number of carbonyl (C=O) groups is 2. The van der Waals surface area contributed by atoms with Crippen LogP contribution >= 0.6 is 0 Å². The number of carboxylic acids is 1. The highest BCUT2D eigenvalue weighted by Crippen LogP contribution is 2.41. The number of benzene rings is 1. The topological polar surface area (TPSA) is 241 Å². The molecule has 0 unspecified atom stereocenters. The number of hydrogen-bond donors (Lipinski definition) is 5. The van der Waals surface area contributed by atoms with Crippen molar-refractivity contribution in [3.63, 3.8) is 0 Å². The highest BCUT2D eigenvalue weighted by atomic mass is 16.7. The average molecular weight is 1070 g/mol. The Morgan fingerprint density at radius 2 is 1.60 bits per heavy atom. The first-order valence-corrected chi connectivity index (χ1v) is 26.8. The lowest BCUT2D eigenvalue weighted by atomic mass is 9.77. The number of hydrogen-bond acceptors (Lipinski definition) is 18. The van der Waals surface area contributed by atoms with Crippen LogP contribution in [0, 0.1) is 17.8 Å². The van der Waals surface area contributed by atoms with E-state index in [4.69, 9.17) is 37.9 Å². The number of ether oxygens (including phenoxy) is 8. The van der Waals surface area contributed by atoms with Crippen molar-refractivity contribution in [2.45, 2.75) is 198 Å². The first-order valence-electron chi connectivity index (χ1n) is 26.8. The van der Waals surface area contributed by atoms with Gasteiger partial charge in [0.05, 0.1) is 60.3 Å². The summed E-state index contributed by atoms with van der Waals surface area (Å²) in [5.74, 6) is -4.02. The third-order valence-electron chi connectivity index (χ3n) is 16.2. The molecule has 3 aliphatic heterocycles. The van der Waals surface area contributed by atoms with E-state index in [1.807, 2.05) is 77.7 Å². The van der Waals surface area contributed by atoms with Gasteiger partial charge < -0.3 is 78.2 Å². The fraction of sp³-hybridized carbons (Fsp3) is 0.800. The van der Waals surface area contributed by atoms with Crippen molar-refractivity contribution in [3.8, 4) is 0 Å². The number of esters is 1. The molecule has 0 spiro atoms. The Labute approximate surface area is 444 Å². The van der Waals surface area contributed by atoms with Crippen molar-refractivity contribution in [2.75, 3.05) is 73.7 Å². The Morgan fingerprint density at radius 3 is 2.21 bits per heavy atom. The zero-order valence-corrected chi connectivity index (χ0v) is 47.6. The number of pyridine rings is 1. The number of aromatic carboxylic acids is 1. The van der Waals surface area contributed by atoms with Gasteiger partial charge in [-0.1, -0.05) is 26.8 Å². The summed E-state index contributed by atoms with van der Waals surface area (Å²) in [5, 5.41) is 59.8. The van der Waals surface area contributed by atoms with Crippen LogP contribution in [0.5, 0.6) is 0 Å². The smallest absolute Gasteiger partial charge is 0.341 e. The number of carbonyl (C=O) groups excluding carboxylic acids is 1. The third-order valence-corrected chi connectivity index (χ3v) is 16.2. The molecule has 4 heterocycles. The maximum atomic E-state index is 14.6. The molecule has 1 aromatic heterocycles. The van der Waals surface area contributed by atoms with E-state index >= 15 is 0 Å². The number of likely N-dealkylation sites (N-methyl/N-ethyl adjacent to an activating group) is 2. The van der Waals surface area contributed by atoms with Gasteiger partial charge >= 0.3 is 11.9 Å². The van der Waals surface area contributed by atoms with Crippen LogP contribution in [0.2, 0.25) is 0 Å². The summed E-state index contributed by atoms with van der Waals surface area (Å²) in [4.78, 5) is 43.3. The van der Waals surface area contributed by atoms with E-state index in [9.17, 15) is 39.9 Å². The molecule has 5 N–H and O–H groups in total. The van der Waals surface area contributed by atoms with Crippen LogP contribution in [0.15, 0.2) is 29.2 Å². The lowest BCUT2D eigenvalue weighted by Gasteiger charge is -2.49. The van der Waals surface area contributed by atoms with Gasteiger partial charge in [-0.15, -0.1) is 0 Å². The van der Waals surface area contributed by atoms with E-state index < -0.39 is 107 Å². The normalized spacial score (nSPS) is 38.0. The molecule has 0 amide bonds. The molecule has 20 heteroatoms. The molecule has 20 nitrogen and oxygen atoms in total. The number of methoxy groups -OCH3 is 1. The molecule has 5 rings (SSSR count). The Bertz CT molecular complexity index is 2240. The van der Waals surface area contributed by atoms with Gasteiger partial charge in [-0.3, -0.25) is 14.3 Å². The van der Waals surface area contributed by atoms with Gasteiger partial charge in [-0.05, 0) is 125 Å². The molecule has 3 aliphatic rings. The number of cyclic esters (lactones) is 1. The average Bonchev–Trinajstić information content (AvgIpc) is 3.33. The number of nitrogens with zero attached hydrogens (tertiary/aromatic N) is 4. The summed E-state index contributed by atoms with van der Waals surface area (Å²) in [5.41, 5.74) is -3.77. The first kappa shape index (κ1) is 62.5. The van der Waals surface area contributed by atoms with Crippen molar-refractivity contribution in [1.29, 1.82) is 0 Å². The second kappa shape index (κ2) is 26.1. The summed E-state index contributed by atoms with van der Waals surface area (Å²) in [6.07, 6.45) is -5.54. The molecule has 0 bridgehead atoms. The molecule has 1 aromatic carbocycles. The van der Waals surface area contributed by atoms with Gasteiger partial charge in [0.25, 0.3) is 0 Å². The Morgan fingerprint density at radius 1 is 0.920 bits per heavy atom. The lowest BCUT2D eigenvalue weighted by molar-refractivity contribution is -0.321. The summed E-state index contributed by atoms with van der Waals surface area (Å²) in [7, 11) is 10.7. The number of aliphatic hydroxyl groups is 4. The maximum Gasteiger partial charge on any atom is 0.341 e. The number of fused-ring (bicyclic) bond motifs is 1. The third kappa shape index (κ3) is 14.7. The van der Waals surface area contributed by atoms with Crippen LogP contribution in [0.1, 0.15) is 117 Å². The highest BCUT2D eigenvalue weighted by molar-refractivity contribution is 5.92. The van der Waals surface area contributed by atoms with Gasteiger partial charge in [0.1, 0.15) is 35.6 Å². The highest BCUT2D eigenvalue weighted by Gasteiger charge is 2.53. The van der Waals surface area contributed by atoms with Crippen molar-refractivity contribution < 1.29 is 73.0 Å². The van der Waals surface area contributed by atoms with Gasteiger partial charge in [-0.25, -0.2) is 4.79 Å². The molecule has 3 saturated heterocycles. The second-order valence-corrected chi connectivity index (χ2v) is 22.9. The van der Waals surface area contributed by atoms with E-state index in [-0.39, 0.29) is 56.1 Å². The van der Waals surface area contributed by atoms with Gasteiger partial charge in [0.2, 0.25) is 5.43 Å². The first-order chi connectivity index (χ1) is 35.0. The Balaban J connectivity index is 1.35. The standard InChI is InChI=1S/C55H92N4O16/c1-17-42-55(10,67)47(62)35(6)58(15)29-31(2)27-53(8,66)48(75-52-45(61)41(56(11)12)25-32(3)71-52)33(4)46(34(5)51(65)73-42)74-43-28-54(9,68-16)49(36(7)72-43)70-24-23-69-22-18-19-37-20-21-40-38(26-37)44(60)39(50(63)64)30-59(40)57(13)14/h20-21,26,30-36,41-43,45-49,52,61-62,66-67H,17-19,22-25,27-29H2,1-16H3,(H,63,64)/t31-,32-,33+,34-,35-,36+,41+,42-,43+,45-,46+,47-,48-,49+,52+,53-,54-,55-/m1/s1. The minimum Gasteiger partial charge on any atom is -0.477 e. The molecular formula is C55H92N4O16. The van der Waals surface area contributed by atoms with Gasteiger partial charge in [0, 0.05) is 70.4 Å². The van der Waals surface area contributed by atoms with Crippen molar-refractivity contribution in [2.24, 2.45) is 17.8 Å². The minimum absolute atomic E-state index is 0.165. The molecular weight excluding hydrogens is 973 g/mol. The Kier molecular flexibility index (Phi) is 21.7. The number of rotatable bonds is 17. The molecule has 0 saturated carbocycles. The molecule has 428 valence electrons. The van der Waals surface area contributed by atoms with Crippen LogP contribution in [-0.2, 0) is 49.1 Å². The van der Waals surface area contributed by atoms with E-state index in [1.165, 1.54) is 13.1 Å². The second-order valence-electron chi connectivity index (χ2n) is 22.9. The van der Waals surface area contributed by atoms with E-state index in [2.05, 4.69) is 0 Å². The zero-order valence-electron chi connectivity index (χ0n) is 47.6. The van der Waals surface area contributed by atoms with E-state index in [0.29, 0.717) is 43.3 Å². The predicted octanol–water partition coefficient (Wildman–Crippen LogP) is 3.79. The number of aryl methyl sites for hydroxylation is 1. The van der Waals surface area contributed by atoms with E-state index in [1.54, 1.807) is 64.7 Å². The molecule has 0 aliphatic carbocycles. The number of aromatic nitrogens is 1. The fourth-order valence-electron chi connectivity index (χ4n) is 11.7. The SMILES string of the molecule is CC[C@H]1OC(=O)[C@H](C)[C@@H](O[C@H]2C[C@@](C)(OC)[C@@H](OCCOCCCc3ccc4c(c3)c(=O)c(C(=O)O)cn4N(C)C)[C@H](C)O2)[C@H](C)[C@@H](O[C@@H]2O[C@H](C)C[C@H](N(C)C)[C@H]2O)[C@](C)(O)C[C@@H](C)CN(C)[C@H](C)[C@@H](O)[C@]1(C)O. The minimum atomic E-state index is -1.84. The lowest BCUT2D eigenvalue weighted by Crippen LogP contribution is -2.61. The fourth-order valence-corrected chi connectivity index (χ4v) is 11.7. The molecule has 18 atom stereocenters. The summed E-state index contributed by atoms with van der Waals surface area (Å²) < 4.78 is 53.1. The summed E-state index contributed by atoms with van der Waals surface area (Å²) in [6.45, 7) is 19.2. The van der Waals surface area contributed by atoms with Crippen LogP contribution in [0.25, 0.3) is 10.9 Å². The van der Waals surface area contributed by atoms with E-state index in [0.717, 1.165) is 5.56 Å². The monoisotopic (exact) mass is 1060 g/mol. The summed E-state index contributed by atoms with van der Waals surface area (Å²) in [6, 6.07) is 4.60. The maximum absolute atomic E-state index is 14.6. The Hall–Kier alpha value is -3.35. The molecule has 0 radical (unpaired) electrons. The zero-order chi connectivity index (χ0) is 56.1. The molecule has 75 heavy (non-hydrogen) atoms. The van der Waals surface area contributed by atoms with Crippen LogP contribution in [0.3, 0.4) is 0 Å². The number of carboxylic acid groups (broad SMARTS) is 1. The van der Waals surface area contributed by atoms with Crippen LogP contribution in [0.4, 0.5) is 0 Å². The van der Waals surface area contributed by atoms with Gasteiger partial charge in [-0.2, -0.15) is 0 Å². The quantitative estimate of drug-likeness (QED) is 0.112. The number of aliphatic hydroxyl groups excluding tert-OH is 2. The van der Waals surface area contributed by atoms with Gasteiger partial charge in [0.15, 0.2) is 12.6 Å². The van der Waals surface area contributed by atoms with Crippen molar-refractivity contribution in [1.82, 2.24) is 14.5 Å².